The summed E-state index contributed by atoms with van der Waals surface area (Å²) in [5.74, 6) is 0. The summed E-state index contributed by atoms with van der Waals surface area (Å²) in [5.41, 5.74) is 6.82. The molecule has 4 heteroatoms. The first kappa shape index (κ1) is 13.2. The number of rotatable bonds is 2. The number of nitrogens with one attached hydrogen (secondary N) is 1. The van der Waals surface area contributed by atoms with Gasteiger partial charge < -0.3 is 4.98 Å². The van der Waals surface area contributed by atoms with Crippen molar-refractivity contribution in [3.8, 4) is 11.3 Å². The minimum Gasteiger partial charge on any atom is -0.346 e. The predicted octanol–water partition coefficient (Wildman–Crippen LogP) is 4.27. The van der Waals surface area contributed by atoms with Crippen molar-refractivity contribution < 1.29 is 0 Å². The fraction of sp³-hybridized carbons (Fsp3) is 0.250. The molecule has 0 aliphatic heterocycles. The lowest BCUT2D eigenvalue weighted by Gasteiger charge is -2.09. The largest absolute Gasteiger partial charge is 0.346 e. The van der Waals surface area contributed by atoms with E-state index >= 15 is 0 Å². The molecule has 0 amide bonds. The fourth-order valence-electron chi connectivity index (χ4n) is 2.53. The number of aryl methyl sites for hydroxylation is 3. The zero-order valence-corrected chi connectivity index (χ0v) is 12.9. The van der Waals surface area contributed by atoms with E-state index in [0.717, 1.165) is 21.9 Å². The van der Waals surface area contributed by atoms with Gasteiger partial charge in [-0.1, -0.05) is 35.5 Å². The summed E-state index contributed by atoms with van der Waals surface area (Å²) in [5, 5.41) is 1.92. The van der Waals surface area contributed by atoms with Crippen LogP contribution in [0.15, 0.2) is 29.6 Å². The number of hydrogen-bond acceptors (Lipinski definition) is 3. The highest BCUT2D eigenvalue weighted by atomic mass is 32.2. The van der Waals surface area contributed by atoms with Gasteiger partial charge in [0, 0.05) is 17.1 Å². The molecule has 0 radical (unpaired) electrons. The lowest BCUT2D eigenvalue weighted by atomic mass is 10.0. The first-order chi connectivity index (χ1) is 9.60. The third kappa shape index (κ3) is 2.10. The van der Waals surface area contributed by atoms with Crippen LogP contribution in [0.4, 0.5) is 0 Å². The van der Waals surface area contributed by atoms with Crippen LogP contribution >= 0.6 is 11.8 Å². The summed E-state index contributed by atoms with van der Waals surface area (Å²) in [4.78, 5) is 12.5. The topological polar surface area (TPSA) is 41.6 Å². The van der Waals surface area contributed by atoms with E-state index in [2.05, 4.69) is 48.9 Å². The second-order valence-electron chi connectivity index (χ2n) is 5.07. The molecular formula is C16H17N3S. The Morgan fingerprint density at radius 1 is 1.05 bits per heavy atom. The van der Waals surface area contributed by atoms with Gasteiger partial charge in [0.05, 0.1) is 5.69 Å². The Morgan fingerprint density at radius 3 is 2.55 bits per heavy atom. The highest BCUT2D eigenvalue weighted by Crippen LogP contribution is 2.32. The maximum absolute atomic E-state index is 4.75. The van der Waals surface area contributed by atoms with Crippen LogP contribution in [0.2, 0.25) is 0 Å². The van der Waals surface area contributed by atoms with E-state index in [4.69, 9.17) is 4.98 Å². The van der Waals surface area contributed by atoms with Crippen LogP contribution in [-0.2, 0) is 0 Å². The number of aromatic nitrogens is 3. The fourth-order valence-corrected chi connectivity index (χ4v) is 2.90. The number of hydrogen-bond donors (Lipinski definition) is 1. The number of fused-ring (bicyclic) bond motifs is 1. The predicted molar refractivity (Wildman–Crippen MR) is 85.3 cm³/mol. The summed E-state index contributed by atoms with van der Waals surface area (Å²) >= 11 is 1.57. The van der Waals surface area contributed by atoms with E-state index in [1.165, 1.54) is 22.3 Å². The van der Waals surface area contributed by atoms with Crippen LogP contribution in [0, 0.1) is 20.8 Å². The van der Waals surface area contributed by atoms with E-state index in [9.17, 15) is 0 Å². The monoisotopic (exact) mass is 283 g/mol. The van der Waals surface area contributed by atoms with E-state index < -0.39 is 0 Å². The van der Waals surface area contributed by atoms with Gasteiger partial charge in [0.2, 0.25) is 0 Å². The van der Waals surface area contributed by atoms with E-state index in [1.807, 2.05) is 12.5 Å². The second kappa shape index (κ2) is 4.94. The molecule has 102 valence electrons. The first-order valence-electron chi connectivity index (χ1n) is 6.57. The zero-order chi connectivity index (χ0) is 14.3. The molecule has 1 aromatic carbocycles. The Balaban J connectivity index is 2.36. The highest BCUT2D eigenvalue weighted by Gasteiger charge is 2.14. The van der Waals surface area contributed by atoms with Gasteiger partial charge in [-0.05, 0) is 38.2 Å². The molecule has 20 heavy (non-hydrogen) atoms. The van der Waals surface area contributed by atoms with Gasteiger partial charge in [0.1, 0.15) is 5.65 Å². The van der Waals surface area contributed by atoms with Crippen LogP contribution in [0.25, 0.3) is 22.3 Å². The molecule has 2 heterocycles. The molecule has 3 aromatic rings. The molecule has 2 aromatic heterocycles. The van der Waals surface area contributed by atoms with Crippen LogP contribution in [0.3, 0.4) is 0 Å². The summed E-state index contributed by atoms with van der Waals surface area (Å²) < 4.78 is 0. The quantitative estimate of drug-likeness (QED) is 0.564. The minimum absolute atomic E-state index is 0.800. The molecule has 3 rings (SSSR count). The highest BCUT2D eigenvalue weighted by molar-refractivity contribution is 7.98. The lowest BCUT2D eigenvalue weighted by molar-refractivity contribution is 1.00. The molecular weight excluding hydrogens is 266 g/mol. The van der Waals surface area contributed by atoms with Crippen molar-refractivity contribution >= 4 is 22.8 Å². The average Bonchev–Trinajstić information content (AvgIpc) is 2.80. The van der Waals surface area contributed by atoms with Gasteiger partial charge in [-0.3, -0.25) is 0 Å². The maximum Gasteiger partial charge on any atom is 0.189 e. The standard InChI is InChI=1S/C16H17N3S/c1-9-5-6-12(10(2)7-9)14-13-11(3)8-17-15(13)19-16(18-14)20-4/h5-8H,1-4H3,(H,17,18,19). The first-order valence-corrected chi connectivity index (χ1v) is 7.80. The Hall–Kier alpha value is -1.81. The minimum atomic E-state index is 0.800. The van der Waals surface area contributed by atoms with Crippen LogP contribution < -0.4 is 0 Å². The second-order valence-corrected chi connectivity index (χ2v) is 5.85. The van der Waals surface area contributed by atoms with E-state index in [1.54, 1.807) is 11.8 Å². The molecule has 1 N–H and O–H groups in total. The van der Waals surface area contributed by atoms with Crippen molar-refractivity contribution in [2.75, 3.05) is 6.26 Å². The van der Waals surface area contributed by atoms with Crippen molar-refractivity contribution in [1.82, 2.24) is 15.0 Å². The van der Waals surface area contributed by atoms with Crippen LogP contribution in [-0.4, -0.2) is 21.2 Å². The number of thioether (sulfide) groups is 1. The molecule has 0 aliphatic carbocycles. The van der Waals surface area contributed by atoms with Gasteiger partial charge in [-0.25, -0.2) is 9.97 Å². The third-order valence-corrected chi connectivity index (χ3v) is 4.08. The average molecular weight is 283 g/mol. The van der Waals surface area contributed by atoms with Crippen molar-refractivity contribution in [2.45, 2.75) is 25.9 Å². The molecule has 0 unspecified atom stereocenters. The van der Waals surface area contributed by atoms with Crippen LogP contribution in [0.5, 0.6) is 0 Å². The normalized spacial score (nSPS) is 11.2. The molecule has 0 saturated carbocycles. The maximum atomic E-state index is 4.75. The number of H-pyrrole nitrogens is 1. The number of aromatic amines is 1. The third-order valence-electron chi connectivity index (χ3n) is 3.53. The van der Waals surface area contributed by atoms with Crippen molar-refractivity contribution in [1.29, 1.82) is 0 Å². The smallest absolute Gasteiger partial charge is 0.189 e. The van der Waals surface area contributed by atoms with Gasteiger partial charge in [-0.2, -0.15) is 0 Å². The van der Waals surface area contributed by atoms with Crippen LogP contribution in [0.1, 0.15) is 16.7 Å². The van der Waals surface area contributed by atoms with Gasteiger partial charge in [0.15, 0.2) is 5.16 Å². The van der Waals surface area contributed by atoms with E-state index in [-0.39, 0.29) is 0 Å². The number of benzene rings is 1. The molecule has 0 saturated heterocycles. The van der Waals surface area contributed by atoms with Crippen molar-refractivity contribution in [3.05, 3.63) is 41.1 Å². The lowest BCUT2D eigenvalue weighted by Crippen LogP contribution is -1.95. The Bertz CT molecular complexity index is 790. The Kier molecular flexibility index (Phi) is 3.26. The molecule has 3 nitrogen and oxygen atoms in total. The SMILES string of the molecule is CSc1nc(-c2ccc(C)cc2C)c2c(C)c[nH]c2n1. The molecule has 0 aliphatic rings. The van der Waals surface area contributed by atoms with Gasteiger partial charge in [0.25, 0.3) is 0 Å². The Morgan fingerprint density at radius 2 is 1.85 bits per heavy atom. The molecule has 0 spiro atoms. The molecule has 0 fully saturated rings. The molecule has 0 atom stereocenters. The number of nitrogens with zero attached hydrogens (tertiary/aromatic N) is 2. The van der Waals surface area contributed by atoms with Crippen molar-refractivity contribution in [3.63, 3.8) is 0 Å². The summed E-state index contributed by atoms with van der Waals surface area (Å²) in [6.07, 6.45) is 4.00. The van der Waals surface area contributed by atoms with Crippen molar-refractivity contribution in [2.24, 2.45) is 0 Å². The zero-order valence-electron chi connectivity index (χ0n) is 12.1. The van der Waals surface area contributed by atoms with Gasteiger partial charge in [-0.15, -0.1) is 0 Å². The summed E-state index contributed by atoms with van der Waals surface area (Å²) in [6, 6.07) is 6.49. The van der Waals surface area contributed by atoms with E-state index in [0.29, 0.717) is 0 Å². The van der Waals surface area contributed by atoms with Gasteiger partial charge >= 0.3 is 0 Å². The summed E-state index contributed by atoms with van der Waals surface area (Å²) in [6.45, 7) is 6.34. The molecule has 0 bridgehead atoms. The Labute approximate surface area is 122 Å². The summed E-state index contributed by atoms with van der Waals surface area (Å²) in [7, 11) is 0.